The molecule has 2 fully saturated rings. The average molecular weight is 367 g/mol. The quantitative estimate of drug-likeness (QED) is 0.875. The number of carbonyl (C=O) groups is 1. The first kappa shape index (κ1) is 18.1. The highest BCUT2D eigenvalue weighted by molar-refractivity contribution is 5.91. The number of aromatic nitrogens is 1. The second kappa shape index (κ2) is 7.02. The van der Waals surface area contributed by atoms with E-state index in [1.807, 2.05) is 33.0 Å². The van der Waals surface area contributed by atoms with E-state index in [4.69, 9.17) is 4.74 Å². The number of rotatable bonds is 3. The van der Waals surface area contributed by atoms with E-state index in [1.54, 1.807) is 0 Å². The number of benzene rings is 1. The fourth-order valence-corrected chi connectivity index (χ4v) is 4.19. The summed E-state index contributed by atoms with van der Waals surface area (Å²) >= 11 is 0. The van der Waals surface area contributed by atoms with Gasteiger partial charge in [0, 0.05) is 30.4 Å². The van der Waals surface area contributed by atoms with E-state index in [1.165, 1.54) is 23.9 Å². The van der Waals surface area contributed by atoms with Gasteiger partial charge < -0.3 is 15.0 Å². The van der Waals surface area contributed by atoms with Crippen LogP contribution in [0.4, 0.5) is 10.5 Å². The normalized spacial score (nSPS) is 23.3. The zero-order valence-corrected chi connectivity index (χ0v) is 16.4. The van der Waals surface area contributed by atoms with Crippen molar-refractivity contribution >= 4 is 22.7 Å². The predicted octanol–water partition coefficient (Wildman–Crippen LogP) is 4.36. The summed E-state index contributed by atoms with van der Waals surface area (Å²) in [6.45, 7) is 7.54. The van der Waals surface area contributed by atoms with Gasteiger partial charge in [-0.3, -0.25) is 4.98 Å². The van der Waals surface area contributed by atoms with Crippen molar-refractivity contribution in [3.63, 3.8) is 0 Å². The molecule has 2 aliphatic rings. The molecule has 0 radical (unpaired) electrons. The maximum absolute atomic E-state index is 12.3. The molecule has 2 aromatic rings. The second-order valence-electron chi connectivity index (χ2n) is 8.93. The number of nitrogens with zero attached hydrogens (tertiary/aromatic N) is 2. The van der Waals surface area contributed by atoms with Crippen LogP contribution in [0.15, 0.2) is 36.5 Å². The Morgan fingerprint density at radius 1 is 1.15 bits per heavy atom. The van der Waals surface area contributed by atoms with Gasteiger partial charge in [0.1, 0.15) is 5.60 Å². The Labute approximate surface area is 161 Å². The van der Waals surface area contributed by atoms with Gasteiger partial charge in [0.05, 0.1) is 11.6 Å². The van der Waals surface area contributed by atoms with Crippen molar-refractivity contribution in [1.82, 2.24) is 10.3 Å². The predicted molar refractivity (Wildman–Crippen MR) is 108 cm³/mol. The highest BCUT2D eigenvalue weighted by atomic mass is 16.6. The van der Waals surface area contributed by atoms with Crippen molar-refractivity contribution in [2.24, 2.45) is 11.8 Å². The van der Waals surface area contributed by atoms with E-state index < -0.39 is 5.60 Å². The van der Waals surface area contributed by atoms with Crippen molar-refractivity contribution in [2.45, 2.75) is 51.7 Å². The van der Waals surface area contributed by atoms with Gasteiger partial charge in [-0.2, -0.15) is 0 Å². The van der Waals surface area contributed by atoms with Gasteiger partial charge in [-0.1, -0.05) is 6.07 Å². The van der Waals surface area contributed by atoms with Crippen molar-refractivity contribution < 1.29 is 9.53 Å². The molecule has 2 atom stereocenters. The molecule has 1 aliphatic carbocycles. The second-order valence-corrected chi connectivity index (χ2v) is 8.93. The van der Waals surface area contributed by atoms with Gasteiger partial charge in [0.2, 0.25) is 0 Å². The number of carbonyl (C=O) groups excluding carboxylic acids is 1. The number of alkyl carbamates (subject to hydrolysis) is 1. The highest BCUT2D eigenvalue weighted by Gasteiger charge is 2.38. The molecular formula is C22H29N3O2. The van der Waals surface area contributed by atoms with Crippen LogP contribution in [0.5, 0.6) is 0 Å². The summed E-state index contributed by atoms with van der Waals surface area (Å²) in [5.41, 5.74) is 1.75. The van der Waals surface area contributed by atoms with E-state index in [0.29, 0.717) is 5.92 Å². The van der Waals surface area contributed by atoms with Crippen LogP contribution in [0.1, 0.15) is 40.0 Å². The number of piperidine rings is 1. The molecule has 1 amide bonds. The Kier molecular flexibility index (Phi) is 4.70. The molecule has 144 valence electrons. The molecular weight excluding hydrogens is 338 g/mol. The maximum Gasteiger partial charge on any atom is 0.407 e. The molecule has 4 rings (SSSR count). The largest absolute Gasteiger partial charge is 0.444 e. The number of nitrogens with one attached hydrogen (secondary N) is 1. The molecule has 1 aromatic heterocycles. The average Bonchev–Trinajstić information content (AvgIpc) is 3.44. The molecule has 1 aromatic carbocycles. The van der Waals surface area contributed by atoms with Crippen LogP contribution in [0.2, 0.25) is 0 Å². The molecule has 1 saturated carbocycles. The van der Waals surface area contributed by atoms with E-state index in [9.17, 15) is 4.79 Å². The van der Waals surface area contributed by atoms with Gasteiger partial charge >= 0.3 is 6.09 Å². The van der Waals surface area contributed by atoms with Crippen molar-refractivity contribution in [3.8, 4) is 0 Å². The summed E-state index contributed by atoms with van der Waals surface area (Å²) < 4.78 is 5.48. The van der Waals surface area contributed by atoms with Gasteiger partial charge in [-0.25, -0.2) is 4.79 Å². The topological polar surface area (TPSA) is 54.5 Å². The van der Waals surface area contributed by atoms with Crippen molar-refractivity contribution in [3.05, 3.63) is 36.5 Å². The summed E-state index contributed by atoms with van der Waals surface area (Å²) in [6, 6.07) is 10.5. The number of anilines is 1. The van der Waals surface area contributed by atoms with E-state index in [0.717, 1.165) is 30.9 Å². The van der Waals surface area contributed by atoms with Crippen LogP contribution in [0, 0.1) is 11.8 Å². The first-order valence-corrected chi connectivity index (χ1v) is 9.97. The number of pyridine rings is 1. The van der Waals surface area contributed by atoms with Crippen molar-refractivity contribution in [2.75, 3.05) is 18.0 Å². The molecule has 1 N–H and O–H groups in total. The summed E-state index contributed by atoms with van der Waals surface area (Å²) in [5.74, 6) is 1.41. The van der Waals surface area contributed by atoms with Crippen LogP contribution in [-0.4, -0.2) is 35.8 Å². The third kappa shape index (κ3) is 4.34. The van der Waals surface area contributed by atoms with E-state index >= 15 is 0 Å². The summed E-state index contributed by atoms with van der Waals surface area (Å²) in [5, 5.41) is 4.29. The molecule has 1 saturated heterocycles. The molecule has 0 bridgehead atoms. The van der Waals surface area contributed by atoms with Crippen LogP contribution in [0.3, 0.4) is 0 Å². The van der Waals surface area contributed by atoms with Crippen LogP contribution in [-0.2, 0) is 4.74 Å². The van der Waals surface area contributed by atoms with Crippen LogP contribution < -0.4 is 10.2 Å². The first-order chi connectivity index (χ1) is 12.9. The lowest BCUT2D eigenvalue weighted by Crippen LogP contribution is -2.52. The minimum Gasteiger partial charge on any atom is -0.444 e. The lowest BCUT2D eigenvalue weighted by Gasteiger charge is -2.40. The Balaban J connectivity index is 1.56. The zero-order valence-electron chi connectivity index (χ0n) is 16.4. The smallest absolute Gasteiger partial charge is 0.407 e. The molecule has 0 unspecified atom stereocenters. The van der Waals surface area contributed by atoms with Gasteiger partial charge in [-0.05, 0) is 76.1 Å². The molecule has 27 heavy (non-hydrogen) atoms. The Morgan fingerprint density at radius 3 is 2.70 bits per heavy atom. The Bertz CT molecular complexity index is 820. The fraction of sp³-hybridized carbons (Fsp3) is 0.545. The number of hydrogen-bond acceptors (Lipinski definition) is 4. The third-order valence-corrected chi connectivity index (χ3v) is 5.46. The van der Waals surface area contributed by atoms with Gasteiger partial charge in [0.25, 0.3) is 0 Å². The fourth-order valence-electron chi connectivity index (χ4n) is 4.19. The number of hydrogen-bond donors (Lipinski definition) is 1. The summed E-state index contributed by atoms with van der Waals surface area (Å²) in [6.07, 6.45) is 5.18. The molecule has 5 heteroatoms. The molecule has 2 heterocycles. The number of amides is 1. The lowest BCUT2D eigenvalue weighted by atomic mass is 9.89. The first-order valence-electron chi connectivity index (χ1n) is 9.97. The molecule has 1 aliphatic heterocycles. The summed E-state index contributed by atoms with van der Waals surface area (Å²) in [4.78, 5) is 19.2. The zero-order chi connectivity index (χ0) is 19.0. The van der Waals surface area contributed by atoms with Crippen LogP contribution >= 0.6 is 0 Å². The van der Waals surface area contributed by atoms with E-state index in [-0.39, 0.29) is 12.1 Å². The number of ether oxygens (including phenoxy) is 1. The van der Waals surface area contributed by atoms with Crippen molar-refractivity contribution in [1.29, 1.82) is 0 Å². The Morgan fingerprint density at radius 2 is 1.96 bits per heavy atom. The monoisotopic (exact) mass is 367 g/mol. The van der Waals surface area contributed by atoms with Crippen LogP contribution in [0.25, 0.3) is 10.9 Å². The Hall–Kier alpha value is -2.30. The summed E-state index contributed by atoms with van der Waals surface area (Å²) in [7, 11) is 0. The van der Waals surface area contributed by atoms with Gasteiger partial charge in [-0.15, -0.1) is 0 Å². The minimum absolute atomic E-state index is 0.103. The third-order valence-electron chi connectivity index (χ3n) is 5.46. The molecule has 5 nitrogen and oxygen atoms in total. The highest BCUT2D eigenvalue weighted by Crippen LogP contribution is 2.42. The van der Waals surface area contributed by atoms with E-state index in [2.05, 4.69) is 39.5 Å². The standard InChI is InChI=1S/C22H29N3O2/c1-22(2,3)27-21(26)24-17-12-16(15-9-10-15)13-25(14-17)20-8-4-7-19-18(20)6-5-11-23-19/h4-8,11,15-17H,9-10,12-14H2,1-3H3,(H,24,26)/t16-,17+/m0/s1. The maximum atomic E-state index is 12.3. The SMILES string of the molecule is CC(C)(C)OC(=O)N[C@@H]1C[C@H](C2CC2)CN(c2cccc3ncccc23)C1. The lowest BCUT2D eigenvalue weighted by molar-refractivity contribution is 0.0492. The minimum atomic E-state index is -0.477. The number of fused-ring (bicyclic) bond motifs is 1. The van der Waals surface area contributed by atoms with Gasteiger partial charge in [0.15, 0.2) is 0 Å². The molecule has 0 spiro atoms.